The topological polar surface area (TPSA) is 161 Å². The summed E-state index contributed by atoms with van der Waals surface area (Å²) >= 11 is 0. The van der Waals surface area contributed by atoms with Crippen molar-refractivity contribution in [3.63, 3.8) is 0 Å². The number of hydrogen-bond acceptors (Lipinski definition) is 9. The lowest BCUT2D eigenvalue weighted by atomic mass is 9.97. The van der Waals surface area contributed by atoms with Gasteiger partial charge in [0.2, 0.25) is 0 Å². The highest BCUT2D eigenvalue weighted by Gasteiger charge is 2.26. The second-order valence-corrected chi connectivity index (χ2v) is 5.31. The summed E-state index contributed by atoms with van der Waals surface area (Å²) in [6.45, 7) is 6.42. The van der Waals surface area contributed by atoms with Crippen LogP contribution in [-0.2, 0) is 9.59 Å². The van der Waals surface area contributed by atoms with Crippen molar-refractivity contribution in [3.8, 4) is 52.0 Å². The number of rotatable bonds is 5. The summed E-state index contributed by atoms with van der Waals surface area (Å²) in [6.07, 6.45) is 1.59. The third kappa shape index (κ3) is 3.84. The summed E-state index contributed by atoms with van der Waals surface area (Å²) in [6, 6.07) is 6.57. The Labute approximate surface area is 164 Å². The Kier molecular flexibility index (Phi) is 5.87. The maximum absolute atomic E-state index is 11.5. The molecule has 9 nitrogen and oxygen atoms in total. The van der Waals surface area contributed by atoms with Crippen molar-refractivity contribution in [1.29, 1.82) is 10.5 Å². The van der Waals surface area contributed by atoms with Gasteiger partial charge in [-0.2, -0.15) is 10.5 Å². The normalized spacial score (nSPS) is 9.59. The van der Waals surface area contributed by atoms with Gasteiger partial charge >= 0.3 is 11.9 Å². The minimum absolute atomic E-state index is 0.215. The smallest absolute Gasteiger partial charge is 0.335 e. The van der Waals surface area contributed by atoms with Gasteiger partial charge in [-0.05, 0) is 12.1 Å². The molecule has 3 N–H and O–H groups in total. The lowest BCUT2D eigenvalue weighted by molar-refractivity contribution is -0.130. The minimum Gasteiger partial charge on any atom is -0.507 e. The first-order valence-corrected chi connectivity index (χ1v) is 7.72. The van der Waals surface area contributed by atoms with Gasteiger partial charge in [0.15, 0.2) is 23.0 Å². The van der Waals surface area contributed by atoms with E-state index in [1.807, 2.05) is 0 Å². The average Bonchev–Trinajstić information content (AvgIpc) is 2.71. The predicted octanol–water partition coefficient (Wildman–Crippen LogP) is 2.40. The zero-order valence-electron chi connectivity index (χ0n) is 14.7. The van der Waals surface area contributed by atoms with Crippen molar-refractivity contribution < 1.29 is 34.4 Å². The van der Waals surface area contributed by atoms with Gasteiger partial charge in [-0.3, -0.25) is 0 Å². The Bertz CT molecular complexity index is 1140. The number of nitriles is 2. The van der Waals surface area contributed by atoms with Gasteiger partial charge in [-0.1, -0.05) is 13.2 Å². The van der Waals surface area contributed by atoms with E-state index in [1.165, 1.54) is 0 Å². The van der Waals surface area contributed by atoms with Crippen molar-refractivity contribution in [2.24, 2.45) is 0 Å². The molecule has 144 valence electrons. The summed E-state index contributed by atoms with van der Waals surface area (Å²) in [5, 5.41) is 49.6. The van der Waals surface area contributed by atoms with E-state index in [9.17, 15) is 24.9 Å². The summed E-state index contributed by atoms with van der Waals surface area (Å²) in [4.78, 5) is 23.0. The average molecular weight is 392 g/mol. The SMILES string of the molecule is C=CC(=O)Oc1c(C#N)ccc(-c2c(O)cc(C#N)c(OC(=O)C=C)c2O)c1O. The number of hydrogen-bond donors (Lipinski definition) is 3. The molecule has 0 aliphatic rings. The van der Waals surface area contributed by atoms with Crippen molar-refractivity contribution >= 4 is 11.9 Å². The minimum atomic E-state index is -0.988. The maximum Gasteiger partial charge on any atom is 0.335 e. The number of carbonyl (C=O) groups is 2. The van der Waals surface area contributed by atoms with Crippen molar-refractivity contribution in [2.75, 3.05) is 0 Å². The van der Waals surface area contributed by atoms with Crippen LogP contribution in [0.3, 0.4) is 0 Å². The quantitative estimate of drug-likeness (QED) is 0.394. The van der Waals surface area contributed by atoms with Gasteiger partial charge in [0.05, 0.1) is 11.1 Å². The third-order valence-electron chi connectivity index (χ3n) is 3.61. The molecule has 0 aliphatic heterocycles. The number of phenolic OH excluding ortho intramolecular Hbond substituents is 3. The number of phenols is 3. The summed E-state index contributed by atoms with van der Waals surface area (Å²) in [5.74, 6) is -5.35. The molecule has 0 atom stereocenters. The predicted molar refractivity (Wildman–Crippen MR) is 98.0 cm³/mol. The van der Waals surface area contributed by atoms with Crippen LogP contribution < -0.4 is 9.47 Å². The number of nitrogens with zero attached hydrogens (tertiary/aromatic N) is 2. The van der Waals surface area contributed by atoms with Gasteiger partial charge < -0.3 is 24.8 Å². The molecule has 2 rings (SSSR count). The van der Waals surface area contributed by atoms with Crippen LogP contribution in [-0.4, -0.2) is 27.3 Å². The monoisotopic (exact) mass is 392 g/mol. The number of esters is 2. The highest BCUT2D eigenvalue weighted by molar-refractivity contribution is 5.91. The fourth-order valence-corrected chi connectivity index (χ4v) is 2.34. The fourth-order valence-electron chi connectivity index (χ4n) is 2.34. The largest absolute Gasteiger partial charge is 0.507 e. The summed E-state index contributed by atoms with van der Waals surface area (Å²) < 4.78 is 9.73. The van der Waals surface area contributed by atoms with Crippen molar-refractivity contribution in [2.45, 2.75) is 0 Å². The van der Waals surface area contributed by atoms with Crippen molar-refractivity contribution in [1.82, 2.24) is 0 Å². The Morgan fingerprint density at radius 2 is 1.41 bits per heavy atom. The van der Waals surface area contributed by atoms with Gasteiger partial charge in [-0.15, -0.1) is 0 Å². The molecule has 0 aromatic heterocycles. The van der Waals surface area contributed by atoms with E-state index in [2.05, 4.69) is 13.2 Å². The lowest BCUT2D eigenvalue weighted by Gasteiger charge is -2.16. The highest BCUT2D eigenvalue weighted by atomic mass is 16.5. The third-order valence-corrected chi connectivity index (χ3v) is 3.61. The van der Waals surface area contributed by atoms with Gasteiger partial charge in [0.1, 0.15) is 23.5 Å². The molecular weight excluding hydrogens is 380 g/mol. The molecule has 0 bridgehead atoms. The molecule has 0 aliphatic carbocycles. The van der Waals surface area contributed by atoms with Crippen LogP contribution in [0.4, 0.5) is 0 Å². The molecule has 29 heavy (non-hydrogen) atoms. The number of carbonyl (C=O) groups excluding carboxylic acids is 2. The lowest BCUT2D eigenvalue weighted by Crippen LogP contribution is -2.06. The molecule has 0 spiro atoms. The first-order chi connectivity index (χ1) is 13.8. The molecular formula is C20H12N2O7. The number of ether oxygens (including phenoxy) is 2. The van der Waals surface area contributed by atoms with E-state index >= 15 is 0 Å². The standard InChI is InChI=1S/C20H12N2O7/c1-3-14(24)28-19-10(8-21)5-6-12(17(19)26)16-13(23)7-11(9-22)20(18(16)27)29-15(25)4-2/h3-7,23,26-27H,1-2H2. The van der Waals surface area contributed by atoms with Gasteiger partial charge in [0, 0.05) is 23.8 Å². The van der Waals surface area contributed by atoms with Crippen LogP contribution in [0.2, 0.25) is 0 Å². The zero-order chi connectivity index (χ0) is 21.7. The van der Waals surface area contributed by atoms with Crippen LogP contribution in [0, 0.1) is 22.7 Å². The second-order valence-electron chi connectivity index (χ2n) is 5.31. The highest BCUT2D eigenvalue weighted by Crippen LogP contribution is 2.50. The Hall–Kier alpha value is -4.76. The second kappa shape index (κ2) is 8.29. The number of aromatic hydroxyl groups is 3. The zero-order valence-corrected chi connectivity index (χ0v) is 14.7. The van der Waals surface area contributed by atoms with Gasteiger partial charge in [-0.25, -0.2) is 9.59 Å². The van der Waals surface area contributed by atoms with E-state index in [4.69, 9.17) is 20.0 Å². The van der Waals surface area contributed by atoms with E-state index in [0.717, 1.165) is 30.4 Å². The van der Waals surface area contributed by atoms with Crippen LogP contribution in [0.1, 0.15) is 11.1 Å². The molecule has 2 aromatic rings. The molecule has 0 saturated carbocycles. The number of benzene rings is 2. The molecule has 0 radical (unpaired) electrons. The van der Waals surface area contributed by atoms with Crippen molar-refractivity contribution in [3.05, 3.63) is 54.6 Å². The summed E-state index contributed by atoms with van der Waals surface area (Å²) in [7, 11) is 0. The molecule has 0 amide bonds. The Morgan fingerprint density at radius 1 is 0.897 bits per heavy atom. The molecule has 0 fully saturated rings. The molecule has 2 aromatic carbocycles. The first-order valence-electron chi connectivity index (χ1n) is 7.72. The van der Waals surface area contributed by atoms with E-state index in [0.29, 0.717) is 0 Å². The Balaban J connectivity index is 2.81. The summed E-state index contributed by atoms with van der Waals surface area (Å²) in [5.41, 5.74) is -1.29. The fraction of sp³-hybridized carbons (Fsp3) is 0. The van der Waals surface area contributed by atoms with E-state index in [1.54, 1.807) is 12.1 Å². The molecule has 0 heterocycles. The maximum atomic E-state index is 11.5. The van der Waals surface area contributed by atoms with Gasteiger partial charge in [0.25, 0.3) is 0 Å². The van der Waals surface area contributed by atoms with E-state index < -0.39 is 46.2 Å². The van der Waals surface area contributed by atoms with Crippen LogP contribution in [0.25, 0.3) is 11.1 Å². The molecule has 0 saturated heterocycles. The van der Waals surface area contributed by atoms with Crippen LogP contribution >= 0.6 is 0 Å². The van der Waals surface area contributed by atoms with Crippen LogP contribution in [0.15, 0.2) is 43.5 Å². The molecule has 0 unspecified atom stereocenters. The molecule has 9 heteroatoms. The van der Waals surface area contributed by atoms with Crippen LogP contribution in [0.5, 0.6) is 28.7 Å². The van der Waals surface area contributed by atoms with E-state index in [-0.39, 0.29) is 16.7 Å². The Morgan fingerprint density at radius 3 is 1.90 bits per heavy atom. The first kappa shape index (κ1) is 20.6.